The summed E-state index contributed by atoms with van der Waals surface area (Å²) in [5, 5.41) is 20.6. The van der Waals surface area contributed by atoms with E-state index in [1.54, 1.807) is 0 Å². The lowest BCUT2D eigenvalue weighted by Crippen LogP contribution is -2.93. The molecule has 0 aromatic heterocycles. The zero-order chi connectivity index (χ0) is 21.6. The van der Waals surface area contributed by atoms with Crippen molar-refractivity contribution in [3.05, 3.63) is 0 Å². The summed E-state index contributed by atoms with van der Waals surface area (Å²) in [5.74, 6) is -10.1. The van der Waals surface area contributed by atoms with Crippen LogP contribution in [-0.2, 0) is 19.1 Å². The number of alkyl halides is 6. The van der Waals surface area contributed by atoms with Crippen molar-refractivity contribution in [1.82, 2.24) is 9.80 Å². The fourth-order valence-corrected chi connectivity index (χ4v) is 3.67. The predicted molar refractivity (Wildman–Crippen MR) is 74.1 cm³/mol. The van der Waals surface area contributed by atoms with Crippen LogP contribution in [0.3, 0.4) is 0 Å². The number of carbonyl (C=O) groups is 2. The summed E-state index contributed by atoms with van der Waals surface area (Å²) in [6.45, 7) is -2.46. The fraction of sp³-hybridized carbons (Fsp3) is 0.857. The summed E-state index contributed by atoms with van der Waals surface area (Å²) in [4.78, 5) is 24.0. The van der Waals surface area contributed by atoms with E-state index in [4.69, 9.17) is 0 Å². The summed E-state index contributed by atoms with van der Waals surface area (Å²) in [7, 11) is 0. The Morgan fingerprint density at radius 2 is 1.00 bits per heavy atom. The minimum Gasteiger partial charge on any atom is -0.356 e. The molecular formula is C14H16F6N2O6. The third kappa shape index (κ3) is 2.40. The lowest BCUT2D eigenvalue weighted by atomic mass is 9.75. The Morgan fingerprint density at radius 1 is 0.750 bits per heavy atom. The maximum absolute atomic E-state index is 13.7. The van der Waals surface area contributed by atoms with Gasteiger partial charge in [0.25, 0.3) is 11.6 Å². The highest BCUT2D eigenvalue weighted by molar-refractivity contribution is 5.75. The molecule has 160 valence electrons. The molecule has 0 radical (unpaired) electrons. The van der Waals surface area contributed by atoms with Crippen molar-refractivity contribution in [1.29, 1.82) is 0 Å². The Bertz CT molecular complexity index is 654. The van der Waals surface area contributed by atoms with Crippen LogP contribution in [0.5, 0.6) is 0 Å². The average Bonchev–Trinajstić information content (AvgIpc) is 2.41. The van der Waals surface area contributed by atoms with Crippen LogP contribution in [0.15, 0.2) is 0 Å². The number of hydrogen-bond acceptors (Lipinski definition) is 6. The zero-order valence-corrected chi connectivity index (χ0v) is 14.5. The number of hydrogen-bond donors (Lipinski definition) is 2. The molecule has 3 fully saturated rings. The van der Waals surface area contributed by atoms with Crippen LogP contribution >= 0.6 is 0 Å². The highest BCUT2D eigenvalue weighted by Gasteiger charge is 2.87. The first-order valence-corrected chi connectivity index (χ1v) is 7.93. The van der Waals surface area contributed by atoms with Crippen molar-refractivity contribution in [2.75, 3.05) is 26.2 Å². The summed E-state index contributed by atoms with van der Waals surface area (Å²) in [6.07, 6.45) is -11.3. The van der Waals surface area contributed by atoms with Gasteiger partial charge in [-0.2, -0.15) is 26.3 Å². The largest absolute Gasteiger partial charge is 0.446 e. The number of aliphatic hydroxyl groups is 2. The molecule has 14 heteroatoms. The summed E-state index contributed by atoms with van der Waals surface area (Å²) in [6, 6.07) is 0. The predicted octanol–water partition coefficient (Wildman–Crippen LogP) is -0.263. The molecule has 0 bridgehead atoms. The Labute approximate surface area is 153 Å². The lowest BCUT2D eigenvalue weighted by Gasteiger charge is -2.68. The summed E-state index contributed by atoms with van der Waals surface area (Å²) in [5.41, 5.74) is -6.22. The van der Waals surface area contributed by atoms with Gasteiger partial charge in [-0.05, 0) is 0 Å². The van der Waals surface area contributed by atoms with E-state index in [0.717, 1.165) is 13.8 Å². The normalized spacial score (nSPS) is 34.2. The second kappa shape index (κ2) is 5.49. The average molecular weight is 422 g/mol. The van der Waals surface area contributed by atoms with Crippen LogP contribution in [-0.4, -0.2) is 93.1 Å². The molecule has 0 saturated carbocycles. The van der Waals surface area contributed by atoms with Gasteiger partial charge in [0.15, 0.2) is 11.2 Å². The van der Waals surface area contributed by atoms with E-state index in [0.29, 0.717) is 9.80 Å². The van der Waals surface area contributed by atoms with E-state index >= 15 is 0 Å². The van der Waals surface area contributed by atoms with Crippen molar-refractivity contribution in [2.45, 2.75) is 49.0 Å². The van der Waals surface area contributed by atoms with E-state index in [-0.39, 0.29) is 0 Å². The van der Waals surface area contributed by atoms with E-state index in [2.05, 4.69) is 9.47 Å². The molecule has 28 heavy (non-hydrogen) atoms. The summed E-state index contributed by atoms with van der Waals surface area (Å²) >= 11 is 0. The molecule has 0 unspecified atom stereocenters. The molecule has 3 aliphatic rings. The molecule has 2 spiro atoms. The fourth-order valence-electron chi connectivity index (χ4n) is 3.67. The molecule has 0 aromatic carbocycles. The number of rotatable bonds is 0. The van der Waals surface area contributed by atoms with Crippen LogP contribution < -0.4 is 0 Å². The van der Waals surface area contributed by atoms with Gasteiger partial charge in [0, 0.05) is 13.8 Å². The first kappa shape index (κ1) is 21.1. The van der Waals surface area contributed by atoms with Gasteiger partial charge in [-0.1, -0.05) is 0 Å². The third-order valence-electron chi connectivity index (χ3n) is 5.37. The van der Waals surface area contributed by atoms with Gasteiger partial charge in [0.05, 0.1) is 26.2 Å². The van der Waals surface area contributed by atoms with Gasteiger partial charge in [-0.15, -0.1) is 0 Å². The Kier molecular flexibility index (Phi) is 4.13. The lowest BCUT2D eigenvalue weighted by molar-refractivity contribution is -0.581. The molecule has 3 saturated heterocycles. The minimum absolute atomic E-state index is 0.692. The van der Waals surface area contributed by atoms with Gasteiger partial charge in [0.2, 0.25) is 11.8 Å². The molecule has 0 aliphatic carbocycles. The standard InChI is InChI=1S/C14H16F6N2O6/c1-7(23)21-3-9(4-21)11(25,13(15,16)17)28-10(5-22(6-10)8(2)24)12(26,27-9)14(18,19)20/h25-26H,3-6H2,1-2H3/t11-,12-/m0/s1. The molecule has 2 N–H and O–H groups in total. The highest BCUT2D eigenvalue weighted by atomic mass is 19.4. The van der Waals surface area contributed by atoms with Gasteiger partial charge in [-0.3, -0.25) is 9.59 Å². The van der Waals surface area contributed by atoms with Crippen molar-refractivity contribution in [2.24, 2.45) is 0 Å². The highest BCUT2D eigenvalue weighted by Crippen LogP contribution is 2.60. The Morgan fingerprint density at radius 3 is 1.18 bits per heavy atom. The molecule has 3 aliphatic heterocycles. The van der Waals surface area contributed by atoms with Gasteiger partial charge in [0.1, 0.15) is 0 Å². The maximum atomic E-state index is 13.7. The second-order valence-corrected chi connectivity index (χ2v) is 7.23. The van der Waals surface area contributed by atoms with Crippen LogP contribution in [0.2, 0.25) is 0 Å². The van der Waals surface area contributed by atoms with Crippen molar-refractivity contribution >= 4 is 11.8 Å². The first-order valence-electron chi connectivity index (χ1n) is 7.93. The minimum atomic E-state index is -5.63. The van der Waals surface area contributed by atoms with E-state index in [1.807, 2.05) is 0 Å². The Balaban J connectivity index is 2.09. The Hall–Kier alpha value is -1.64. The second-order valence-electron chi connectivity index (χ2n) is 7.23. The van der Waals surface area contributed by atoms with Crippen molar-refractivity contribution in [3.8, 4) is 0 Å². The van der Waals surface area contributed by atoms with Crippen molar-refractivity contribution in [3.63, 3.8) is 0 Å². The number of nitrogens with zero attached hydrogens (tertiary/aromatic N) is 2. The monoisotopic (exact) mass is 422 g/mol. The number of ether oxygens (including phenoxy) is 2. The molecule has 3 rings (SSSR count). The van der Waals surface area contributed by atoms with Crippen molar-refractivity contribution < 1.29 is 55.6 Å². The molecule has 8 nitrogen and oxygen atoms in total. The van der Waals surface area contributed by atoms with Crippen LogP contribution in [0, 0.1) is 0 Å². The van der Waals surface area contributed by atoms with Gasteiger partial charge < -0.3 is 29.5 Å². The maximum Gasteiger partial charge on any atom is 0.446 e. The number of amides is 2. The SMILES string of the molecule is CC(=O)N1CC2(C1)O[C@](O)(C(F)(F)F)C1(CN(C(C)=O)C1)O[C@]2(O)C(F)(F)F. The smallest absolute Gasteiger partial charge is 0.356 e. The first-order chi connectivity index (χ1) is 12.4. The van der Waals surface area contributed by atoms with Crippen LogP contribution in [0.1, 0.15) is 13.8 Å². The molecule has 0 aromatic rings. The number of likely N-dealkylation sites (tertiary alicyclic amines) is 2. The molecule has 3 heterocycles. The van der Waals surface area contributed by atoms with E-state index in [9.17, 15) is 46.1 Å². The third-order valence-corrected chi connectivity index (χ3v) is 5.37. The van der Waals surface area contributed by atoms with Gasteiger partial charge in [-0.25, -0.2) is 0 Å². The summed E-state index contributed by atoms with van der Waals surface area (Å²) < 4.78 is 91.2. The molecule has 2 atom stereocenters. The molecular weight excluding hydrogens is 406 g/mol. The van der Waals surface area contributed by atoms with Crippen LogP contribution in [0.4, 0.5) is 26.3 Å². The number of carbonyl (C=O) groups excluding carboxylic acids is 2. The zero-order valence-electron chi connectivity index (χ0n) is 14.5. The van der Waals surface area contributed by atoms with Crippen LogP contribution in [0.25, 0.3) is 0 Å². The molecule has 2 amide bonds. The topological polar surface area (TPSA) is 99.5 Å². The quantitative estimate of drug-likeness (QED) is 0.522. The van der Waals surface area contributed by atoms with E-state index < -0.39 is 73.1 Å². The van der Waals surface area contributed by atoms with E-state index in [1.165, 1.54) is 0 Å². The number of halogens is 6. The van der Waals surface area contributed by atoms with Gasteiger partial charge >= 0.3 is 12.4 Å².